The molecule has 0 radical (unpaired) electrons. The lowest BCUT2D eigenvalue weighted by molar-refractivity contribution is -0.143. The van der Waals surface area contributed by atoms with E-state index in [1.54, 1.807) is 0 Å². The minimum Gasteiger partial charge on any atom is -0.481 e. The standard InChI is InChI=1S/C9H15NO4/c11-7(12)9(4-5-9)3-1-2-6-10-8(13)14/h10H,1-6H2,(H,11,12)(H,13,14). The molecule has 3 N–H and O–H groups in total. The summed E-state index contributed by atoms with van der Waals surface area (Å²) in [5.74, 6) is -0.705. The molecule has 1 saturated carbocycles. The third kappa shape index (κ3) is 2.90. The zero-order chi connectivity index (χ0) is 10.6. The fourth-order valence-corrected chi connectivity index (χ4v) is 1.51. The van der Waals surface area contributed by atoms with Gasteiger partial charge in [-0.05, 0) is 25.7 Å². The van der Waals surface area contributed by atoms with Crippen LogP contribution in [-0.4, -0.2) is 28.8 Å². The number of hydrogen-bond acceptors (Lipinski definition) is 2. The van der Waals surface area contributed by atoms with E-state index < -0.39 is 17.5 Å². The molecule has 1 amide bonds. The number of carboxylic acids is 1. The van der Waals surface area contributed by atoms with E-state index in [2.05, 4.69) is 5.32 Å². The molecule has 1 fully saturated rings. The lowest BCUT2D eigenvalue weighted by Gasteiger charge is -2.08. The summed E-state index contributed by atoms with van der Waals surface area (Å²) in [4.78, 5) is 20.8. The lowest BCUT2D eigenvalue weighted by atomic mass is 9.99. The van der Waals surface area contributed by atoms with Crippen LogP contribution < -0.4 is 5.32 Å². The van der Waals surface area contributed by atoms with Crippen molar-refractivity contribution in [3.05, 3.63) is 0 Å². The molecule has 0 heterocycles. The van der Waals surface area contributed by atoms with Crippen LogP contribution in [0.1, 0.15) is 32.1 Å². The molecule has 1 aliphatic rings. The molecule has 0 bridgehead atoms. The third-order valence-corrected chi connectivity index (χ3v) is 2.67. The van der Waals surface area contributed by atoms with E-state index in [0.717, 1.165) is 19.3 Å². The van der Waals surface area contributed by atoms with Crippen molar-refractivity contribution in [1.82, 2.24) is 5.32 Å². The zero-order valence-electron chi connectivity index (χ0n) is 7.95. The predicted octanol–water partition coefficient (Wildman–Crippen LogP) is 1.29. The maximum atomic E-state index is 10.7. The van der Waals surface area contributed by atoms with Crippen molar-refractivity contribution in [3.63, 3.8) is 0 Å². The molecule has 0 unspecified atom stereocenters. The van der Waals surface area contributed by atoms with Gasteiger partial charge in [0.1, 0.15) is 0 Å². The second-order valence-corrected chi connectivity index (χ2v) is 3.77. The number of hydrogen-bond donors (Lipinski definition) is 3. The van der Waals surface area contributed by atoms with Gasteiger partial charge in [0.05, 0.1) is 5.41 Å². The fraction of sp³-hybridized carbons (Fsp3) is 0.778. The Balaban J connectivity index is 2.04. The van der Waals surface area contributed by atoms with Gasteiger partial charge in [0, 0.05) is 6.54 Å². The maximum absolute atomic E-state index is 10.7. The second-order valence-electron chi connectivity index (χ2n) is 3.77. The zero-order valence-corrected chi connectivity index (χ0v) is 7.95. The Morgan fingerprint density at radius 2 is 1.86 bits per heavy atom. The highest BCUT2D eigenvalue weighted by Crippen LogP contribution is 2.49. The smallest absolute Gasteiger partial charge is 0.404 e. The molecule has 5 heteroatoms. The van der Waals surface area contributed by atoms with Crippen LogP contribution >= 0.6 is 0 Å². The van der Waals surface area contributed by atoms with Crippen molar-refractivity contribution in [2.45, 2.75) is 32.1 Å². The first-order valence-electron chi connectivity index (χ1n) is 4.77. The molecule has 0 saturated heterocycles. The molecule has 80 valence electrons. The van der Waals surface area contributed by atoms with Crippen LogP contribution in [0.3, 0.4) is 0 Å². The molecule has 0 aliphatic heterocycles. The van der Waals surface area contributed by atoms with Gasteiger partial charge in [0.25, 0.3) is 0 Å². The van der Waals surface area contributed by atoms with E-state index in [4.69, 9.17) is 10.2 Å². The summed E-state index contributed by atoms with van der Waals surface area (Å²) in [5.41, 5.74) is -0.469. The minimum absolute atomic E-state index is 0.408. The summed E-state index contributed by atoms with van der Waals surface area (Å²) in [6.07, 6.45) is 2.67. The fourth-order valence-electron chi connectivity index (χ4n) is 1.51. The van der Waals surface area contributed by atoms with Crippen molar-refractivity contribution in [2.75, 3.05) is 6.54 Å². The Bertz CT molecular complexity index is 235. The highest BCUT2D eigenvalue weighted by molar-refractivity contribution is 5.77. The van der Waals surface area contributed by atoms with E-state index >= 15 is 0 Å². The van der Waals surface area contributed by atoms with Gasteiger partial charge < -0.3 is 15.5 Å². The van der Waals surface area contributed by atoms with Crippen LogP contribution in [0.2, 0.25) is 0 Å². The number of rotatable bonds is 6. The van der Waals surface area contributed by atoms with Gasteiger partial charge in [-0.3, -0.25) is 4.79 Å². The van der Waals surface area contributed by atoms with E-state index in [1.807, 2.05) is 0 Å². The van der Waals surface area contributed by atoms with Crippen LogP contribution in [0.25, 0.3) is 0 Å². The summed E-state index contributed by atoms with van der Waals surface area (Å²) in [6.45, 7) is 0.408. The second kappa shape index (κ2) is 4.30. The lowest BCUT2D eigenvalue weighted by Crippen LogP contribution is -2.22. The van der Waals surface area contributed by atoms with Gasteiger partial charge >= 0.3 is 12.1 Å². The highest BCUT2D eigenvalue weighted by Gasteiger charge is 2.49. The SMILES string of the molecule is O=C(O)NCCCCC1(C(=O)O)CC1. The highest BCUT2D eigenvalue weighted by atomic mass is 16.4. The Labute approximate surface area is 82.1 Å². The first-order chi connectivity index (χ1) is 6.57. The number of amides is 1. The van der Waals surface area contributed by atoms with Crippen LogP contribution in [0.5, 0.6) is 0 Å². The van der Waals surface area contributed by atoms with Crippen molar-refractivity contribution in [3.8, 4) is 0 Å². The first-order valence-corrected chi connectivity index (χ1v) is 4.77. The molecule has 0 spiro atoms. The Morgan fingerprint density at radius 3 is 2.29 bits per heavy atom. The van der Waals surface area contributed by atoms with E-state index in [0.29, 0.717) is 19.4 Å². The molecule has 5 nitrogen and oxygen atoms in total. The average molecular weight is 201 g/mol. The molecular weight excluding hydrogens is 186 g/mol. The van der Waals surface area contributed by atoms with Gasteiger partial charge in [-0.15, -0.1) is 0 Å². The number of unbranched alkanes of at least 4 members (excludes halogenated alkanes) is 1. The number of aliphatic carboxylic acids is 1. The predicted molar refractivity (Wildman–Crippen MR) is 49.2 cm³/mol. The molecule has 1 aliphatic carbocycles. The summed E-state index contributed by atoms with van der Waals surface area (Å²) < 4.78 is 0. The molecule has 0 atom stereocenters. The molecule has 0 aromatic carbocycles. The van der Waals surface area contributed by atoms with Gasteiger partial charge in [0.2, 0.25) is 0 Å². The summed E-state index contributed by atoms with van der Waals surface area (Å²) >= 11 is 0. The van der Waals surface area contributed by atoms with Gasteiger partial charge in [-0.2, -0.15) is 0 Å². The van der Waals surface area contributed by atoms with Crippen molar-refractivity contribution < 1.29 is 19.8 Å². The average Bonchev–Trinajstić information content (AvgIpc) is 2.84. The summed E-state index contributed by atoms with van der Waals surface area (Å²) in [6, 6.07) is 0. The van der Waals surface area contributed by atoms with Crippen LogP contribution in [-0.2, 0) is 4.79 Å². The third-order valence-electron chi connectivity index (χ3n) is 2.67. The monoisotopic (exact) mass is 201 g/mol. The minimum atomic E-state index is -1.02. The van der Waals surface area contributed by atoms with E-state index in [9.17, 15) is 9.59 Å². The van der Waals surface area contributed by atoms with E-state index in [1.165, 1.54) is 0 Å². The molecule has 0 aromatic rings. The van der Waals surface area contributed by atoms with Gasteiger partial charge in [-0.1, -0.05) is 6.42 Å². The number of carboxylic acid groups (broad SMARTS) is 2. The number of carbonyl (C=O) groups is 2. The molecule has 14 heavy (non-hydrogen) atoms. The summed E-state index contributed by atoms with van der Waals surface area (Å²) in [7, 11) is 0. The van der Waals surface area contributed by atoms with Crippen LogP contribution in [0.15, 0.2) is 0 Å². The van der Waals surface area contributed by atoms with Crippen molar-refractivity contribution >= 4 is 12.1 Å². The van der Waals surface area contributed by atoms with Gasteiger partial charge in [-0.25, -0.2) is 4.79 Å². The van der Waals surface area contributed by atoms with Crippen molar-refractivity contribution in [1.29, 1.82) is 0 Å². The molecule has 0 aromatic heterocycles. The van der Waals surface area contributed by atoms with E-state index in [-0.39, 0.29) is 0 Å². The molecule has 1 rings (SSSR count). The Kier molecular flexibility index (Phi) is 3.33. The van der Waals surface area contributed by atoms with Gasteiger partial charge in [0.15, 0.2) is 0 Å². The van der Waals surface area contributed by atoms with Crippen molar-refractivity contribution in [2.24, 2.45) is 5.41 Å². The van der Waals surface area contributed by atoms with Crippen LogP contribution in [0.4, 0.5) is 4.79 Å². The maximum Gasteiger partial charge on any atom is 0.404 e. The first kappa shape index (κ1) is 10.8. The normalized spacial score (nSPS) is 17.4. The summed E-state index contributed by atoms with van der Waals surface area (Å²) in [5, 5.41) is 19.4. The number of nitrogens with one attached hydrogen (secondary N) is 1. The molecular formula is C9H15NO4. The largest absolute Gasteiger partial charge is 0.481 e. The van der Waals surface area contributed by atoms with Crippen LogP contribution in [0, 0.1) is 5.41 Å². The quantitative estimate of drug-likeness (QED) is 0.565. The Hall–Kier alpha value is -1.26. The topological polar surface area (TPSA) is 86.6 Å². The Morgan fingerprint density at radius 1 is 1.21 bits per heavy atom.